The van der Waals surface area contributed by atoms with Gasteiger partial charge in [0, 0.05) is 0 Å². The highest BCUT2D eigenvalue weighted by Crippen LogP contribution is 2.33. The zero-order valence-corrected chi connectivity index (χ0v) is 9.79. The molecule has 0 saturated heterocycles. The van der Waals surface area contributed by atoms with Crippen LogP contribution in [0.5, 0.6) is 0 Å². The fourth-order valence-corrected chi connectivity index (χ4v) is 2.00. The van der Waals surface area contributed by atoms with Crippen molar-refractivity contribution in [2.24, 2.45) is 5.92 Å². The molecule has 14 heavy (non-hydrogen) atoms. The van der Waals surface area contributed by atoms with E-state index in [1.165, 1.54) is 15.6 Å². The van der Waals surface area contributed by atoms with Crippen LogP contribution < -0.4 is 0 Å². The maximum Gasteiger partial charge on any atom is -0.00177 e. The number of halogens is 1. The highest BCUT2D eigenvalue weighted by molar-refractivity contribution is 9.11. The van der Waals surface area contributed by atoms with Gasteiger partial charge in [0.15, 0.2) is 0 Å². The summed E-state index contributed by atoms with van der Waals surface area (Å²) in [6, 6.07) is 10.6. The second-order valence-electron chi connectivity index (χ2n) is 3.71. The number of rotatable bonds is 1. The lowest BCUT2D eigenvalue weighted by atomic mass is 9.91. The molecule has 0 aliphatic heterocycles. The molecule has 72 valence electrons. The Balaban J connectivity index is 2.30. The molecular formula is C13H13Br. The van der Waals surface area contributed by atoms with Gasteiger partial charge in [-0.2, -0.15) is 0 Å². The number of allylic oxidation sites excluding steroid dienone is 4. The van der Waals surface area contributed by atoms with Crippen molar-refractivity contribution in [2.45, 2.75) is 13.3 Å². The van der Waals surface area contributed by atoms with E-state index in [0.29, 0.717) is 5.92 Å². The Morgan fingerprint density at radius 2 is 1.86 bits per heavy atom. The first kappa shape index (κ1) is 9.72. The molecule has 0 N–H and O–H groups in total. The van der Waals surface area contributed by atoms with Crippen LogP contribution in [-0.2, 0) is 0 Å². The molecule has 0 heterocycles. The summed E-state index contributed by atoms with van der Waals surface area (Å²) in [5, 5.41) is 0. The van der Waals surface area contributed by atoms with E-state index in [1.807, 2.05) is 0 Å². The summed E-state index contributed by atoms with van der Waals surface area (Å²) in [6.07, 6.45) is 5.50. The second kappa shape index (κ2) is 4.14. The summed E-state index contributed by atoms with van der Waals surface area (Å²) in [5.74, 6) is 0.607. The molecule has 0 saturated carbocycles. The van der Waals surface area contributed by atoms with Crippen molar-refractivity contribution < 1.29 is 0 Å². The first-order valence-corrected chi connectivity index (χ1v) is 5.68. The SMILES string of the molecule is CC1CC(c2ccccc2)=CC=C1Br. The van der Waals surface area contributed by atoms with Crippen molar-refractivity contribution in [3.05, 3.63) is 52.5 Å². The Morgan fingerprint density at radius 1 is 1.14 bits per heavy atom. The molecule has 1 heteroatoms. The number of hydrogen-bond donors (Lipinski definition) is 0. The lowest BCUT2D eigenvalue weighted by Crippen LogP contribution is -2.00. The fourth-order valence-electron chi connectivity index (χ4n) is 1.71. The van der Waals surface area contributed by atoms with Gasteiger partial charge < -0.3 is 0 Å². The molecule has 0 bridgehead atoms. The second-order valence-corrected chi connectivity index (χ2v) is 4.63. The molecule has 0 spiro atoms. The van der Waals surface area contributed by atoms with Gasteiger partial charge in [-0.1, -0.05) is 65.3 Å². The molecule has 2 rings (SSSR count). The van der Waals surface area contributed by atoms with Gasteiger partial charge in [0.05, 0.1) is 0 Å². The first-order chi connectivity index (χ1) is 6.77. The van der Waals surface area contributed by atoms with Crippen molar-refractivity contribution in [2.75, 3.05) is 0 Å². The van der Waals surface area contributed by atoms with E-state index in [-0.39, 0.29) is 0 Å². The van der Waals surface area contributed by atoms with Crippen molar-refractivity contribution >= 4 is 21.5 Å². The maximum absolute atomic E-state index is 3.57. The van der Waals surface area contributed by atoms with Gasteiger partial charge in [-0.3, -0.25) is 0 Å². The molecule has 1 atom stereocenters. The van der Waals surface area contributed by atoms with E-state index < -0.39 is 0 Å². The Morgan fingerprint density at radius 3 is 2.50 bits per heavy atom. The van der Waals surface area contributed by atoms with E-state index in [2.05, 4.69) is 65.3 Å². The molecule has 1 aromatic carbocycles. The van der Waals surface area contributed by atoms with Gasteiger partial charge in [-0.25, -0.2) is 0 Å². The van der Waals surface area contributed by atoms with Gasteiger partial charge in [0.1, 0.15) is 0 Å². The molecule has 1 aliphatic rings. The minimum Gasteiger partial charge on any atom is -0.0622 e. The zero-order valence-electron chi connectivity index (χ0n) is 8.20. The van der Waals surface area contributed by atoms with Crippen molar-refractivity contribution in [1.82, 2.24) is 0 Å². The van der Waals surface area contributed by atoms with Crippen LogP contribution in [0.1, 0.15) is 18.9 Å². The van der Waals surface area contributed by atoms with Crippen LogP contribution in [0.25, 0.3) is 5.57 Å². The van der Waals surface area contributed by atoms with Crippen LogP contribution in [-0.4, -0.2) is 0 Å². The Hall–Kier alpha value is -0.820. The lowest BCUT2D eigenvalue weighted by molar-refractivity contribution is 0.739. The van der Waals surface area contributed by atoms with Crippen LogP contribution in [0.3, 0.4) is 0 Å². The molecule has 0 aromatic heterocycles. The first-order valence-electron chi connectivity index (χ1n) is 4.89. The third-order valence-electron chi connectivity index (χ3n) is 2.59. The predicted octanol–water partition coefficient (Wildman–Crippen LogP) is 4.39. The number of benzene rings is 1. The van der Waals surface area contributed by atoms with Crippen LogP contribution in [0, 0.1) is 5.92 Å². The van der Waals surface area contributed by atoms with Crippen molar-refractivity contribution in [3.63, 3.8) is 0 Å². The third kappa shape index (κ3) is 1.98. The highest BCUT2D eigenvalue weighted by Gasteiger charge is 2.13. The van der Waals surface area contributed by atoms with Crippen LogP contribution in [0.4, 0.5) is 0 Å². The zero-order chi connectivity index (χ0) is 9.97. The normalized spacial score (nSPS) is 21.4. The van der Waals surface area contributed by atoms with Crippen LogP contribution in [0.15, 0.2) is 47.0 Å². The van der Waals surface area contributed by atoms with Gasteiger partial charge in [0.25, 0.3) is 0 Å². The summed E-state index contributed by atoms with van der Waals surface area (Å²) >= 11 is 3.57. The number of hydrogen-bond acceptors (Lipinski definition) is 0. The highest BCUT2D eigenvalue weighted by atomic mass is 79.9. The fraction of sp³-hybridized carbons (Fsp3) is 0.231. The topological polar surface area (TPSA) is 0 Å². The average molecular weight is 249 g/mol. The smallest absolute Gasteiger partial charge is 0.00177 e. The molecule has 1 aliphatic carbocycles. The molecule has 1 unspecified atom stereocenters. The summed E-state index contributed by atoms with van der Waals surface area (Å²) in [5.41, 5.74) is 2.77. The predicted molar refractivity (Wildman–Crippen MR) is 65.2 cm³/mol. The third-order valence-corrected chi connectivity index (χ3v) is 3.63. The van der Waals surface area contributed by atoms with Crippen molar-refractivity contribution in [1.29, 1.82) is 0 Å². The molecule has 0 fully saturated rings. The Bertz CT molecular complexity index is 373. The van der Waals surface area contributed by atoms with Crippen LogP contribution >= 0.6 is 15.9 Å². The van der Waals surface area contributed by atoms with Gasteiger partial charge in [-0.15, -0.1) is 0 Å². The molecule has 0 amide bonds. The molecular weight excluding hydrogens is 236 g/mol. The standard InChI is InChI=1S/C13H13Br/c1-10-9-12(7-8-13(10)14)11-5-3-2-4-6-11/h2-8,10H,9H2,1H3. The lowest BCUT2D eigenvalue weighted by Gasteiger charge is -2.18. The molecule has 0 radical (unpaired) electrons. The van der Waals surface area contributed by atoms with E-state index >= 15 is 0 Å². The van der Waals surface area contributed by atoms with E-state index in [4.69, 9.17) is 0 Å². The van der Waals surface area contributed by atoms with E-state index in [9.17, 15) is 0 Å². The summed E-state index contributed by atoms with van der Waals surface area (Å²) < 4.78 is 1.30. The molecule has 1 aromatic rings. The Labute approximate surface area is 93.5 Å². The maximum atomic E-state index is 3.57. The summed E-state index contributed by atoms with van der Waals surface area (Å²) in [7, 11) is 0. The van der Waals surface area contributed by atoms with E-state index in [1.54, 1.807) is 0 Å². The van der Waals surface area contributed by atoms with Crippen LogP contribution in [0.2, 0.25) is 0 Å². The Kier molecular flexibility index (Phi) is 2.87. The van der Waals surface area contributed by atoms with E-state index in [0.717, 1.165) is 6.42 Å². The van der Waals surface area contributed by atoms with Gasteiger partial charge in [0.2, 0.25) is 0 Å². The summed E-state index contributed by atoms with van der Waals surface area (Å²) in [6.45, 7) is 2.25. The minimum atomic E-state index is 0.607. The largest absolute Gasteiger partial charge is 0.0622 e. The summed E-state index contributed by atoms with van der Waals surface area (Å²) in [4.78, 5) is 0. The van der Waals surface area contributed by atoms with Gasteiger partial charge >= 0.3 is 0 Å². The van der Waals surface area contributed by atoms with Gasteiger partial charge in [-0.05, 0) is 28.0 Å². The molecule has 0 nitrogen and oxygen atoms in total. The minimum absolute atomic E-state index is 0.607. The quantitative estimate of drug-likeness (QED) is 0.692. The average Bonchev–Trinajstić information content (AvgIpc) is 2.23. The monoisotopic (exact) mass is 248 g/mol. The van der Waals surface area contributed by atoms with Crippen molar-refractivity contribution in [3.8, 4) is 0 Å².